The van der Waals surface area contributed by atoms with Gasteiger partial charge in [0.2, 0.25) is 0 Å². The Balaban J connectivity index is 2.28. The molecular weight excluding hydrogens is 296 g/mol. The van der Waals surface area contributed by atoms with Gasteiger partial charge in [-0.25, -0.2) is 5.84 Å². The van der Waals surface area contributed by atoms with Crippen LogP contribution in [0.2, 0.25) is 0 Å². The van der Waals surface area contributed by atoms with E-state index in [9.17, 15) is 4.79 Å². The molecule has 0 bridgehead atoms. The van der Waals surface area contributed by atoms with Gasteiger partial charge < -0.3 is 28.4 Å². The van der Waals surface area contributed by atoms with Gasteiger partial charge in [0.25, 0.3) is 5.91 Å². The Morgan fingerprint density at radius 1 is 0.727 bits per heavy atom. The summed E-state index contributed by atoms with van der Waals surface area (Å²) in [6.45, 7) is 4.46. The van der Waals surface area contributed by atoms with E-state index in [4.69, 9.17) is 34.3 Å². The lowest BCUT2D eigenvalue weighted by Gasteiger charge is -2.17. The average molecular weight is 322 g/mol. The number of rotatable bonds is 1. The highest BCUT2D eigenvalue weighted by Crippen LogP contribution is 1.95. The second kappa shape index (κ2) is 13.8. The van der Waals surface area contributed by atoms with Gasteiger partial charge in [0.1, 0.15) is 0 Å². The zero-order valence-electron chi connectivity index (χ0n) is 12.8. The summed E-state index contributed by atoms with van der Waals surface area (Å²) in [7, 11) is 0. The molecule has 0 saturated carbocycles. The van der Waals surface area contributed by atoms with Gasteiger partial charge in [-0.2, -0.15) is 0 Å². The van der Waals surface area contributed by atoms with Crippen LogP contribution in [0.5, 0.6) is 0 Å². The molecule has 130 valence electrons. The van der Waals surface area contributed by atoms with E-state index in [1.54, 1.807) is 0 Å². The Hall–Kier alpha value is -0.810. The number of hydrazine groups is 1. The third kappa shape index (κ3) is 10.0. The van der Waals surface area contributed by atoms with Crippen LogP contribution in [-0.4, -0.2) is 84.7 Å². The highest BCUT2D eigenvalue weighted by atomic mass is 16.6. The minimum atomic E-state index is -0.771. The van der Waals surface area contributed by atoms with Crippen LogP contribution >= 0.6 is 0 Å². The zero-order chi connectivity index (χ0) is 15.9. The van der Waals surface area contributed by atoms with E-state index in [1.165, 1.54) is 0 Å². The molecular formula is C13H26N2O7. The Kier molecular flexibility index (Phi) is 12.1. The molecule has 1 saturated heterocycles. The smallest absolute Gasteiger partial charge is 0.265 e. The maximum atomic E-state index is 11.5. The van der Waals surface area contributed by atoms with Gasteiger partial charge in [-0.15, -0.1) is 0 Å². The topological polar surface area (TPSA) is 111 Å². The van der Waals surface area contributed by atoms with E-state index in [1.807, 2.05) is 0 Å². The van der Waals surface area contributed by atoms with Crippen LogP contribution in [0.3, 0.4) is 0 Å². The van der Waals surface area contributed by atoms with E-state index in [-0.39, 0.29) is 13.2 Å². The summed E-state index contributed by atoms with van der Waals surface area (Å²) in [6, 6.07) is 0. The molecule has 1 atom stereocenters. The standard InChI is InChI=1S/C13H26N2O7/c14-15-13(16)12-11-21-8-7-19-4-3-17-1-2-18-5-6-20-9-10-22-12/h12H,1-11,14H2,(H,15,16)/t12-/m1/s1. The van der Waals surface area contributed by atoms with Crippen molar-refractivity contribution in [3.05, 3.63) is 0 Å². The predicted octanol–water partition coefficient (Wildman–Crippen LogP) is -1.54. The summed E-state index contributed by atoms with van der Waals surface area (Å²) in [4.78, 5) is 11.5. The molecule has 1 fully saturated rings. The first-order valence-electron chi connectivity index (χ1n) is 7.35. The van der Waals surface area contributed by atoms with Gasteiger partial charge in [-0.05, 0) is 0 Å². The van der Waals surface area contributed by atoms with Crippen LogP contribution in [-0.2, 0) is 33.2 Å². The highest BCUT2D eigenvalue weighted by molar-refractivity contribution is 5.80. The lowest BCUT2D eigenvalue weighted by molar-refractivity contribution is -0.139. The molecule has 9 nitrogen and oxygen atoms in total. The number of ether oxygens (including phenoxy) is 6. The zero-order valence-corrected chi connectivity index (χ0v) is 12.8. The molecule has 22 heavy (non-hydrogen) atoms. The number of amides is 1. The Labute approximate surface area is 130 Å². The monoisotopic (exact) mass is 322 g/mol. The van der Waals surface area contributed by atoms with Gasteiger partial charge in [0.05, 0.1) is 72.7 Å². The van der Waals surface area contributed by atoms with Crippen LogP contribution < -0.4 is 11.3 Å². The summed E-state index contributed by atoms with van der Waals surface area (Å²) >= 11 is 0. The molecule has 1 amide bonds. The molecule has 1 aliphatic rings. The van der Waals surface area contributed by atoms with Crippen LogP contribution in [0, 0.1) is 0 Å². The maximum Gasteiger partial charge on any atom is 0.265 e. The van der Waals surface area contributed by atoms with Crippen molar-refractivity contribution in [1.82, 2.24) is 5.43 Å². The average Bonchev–Trinajstić information content (AvgIpc) is 2.54. The van der Waals surface area contributed by atoms with E-state index in [2.05, 4.69) is 5.43 Å². The summed E-state index contributed by atoms with van der Waals surface area (Å²) in [5.74, 6) is 4.68. The van der Waals surface area contributed by atoms with E-state index in [0.717, 1.165) is 0 Å². The molecule has 9 heteroatoms. The number of carbonyl (C=O) groups is 1. The largest absolute Gasteiger partial charge is 0.377 e. The molecule has 0 aromatic carbocycles. The first-order chi connectivity index (χ1) is 10.8. The van der Waals surface area contributed by atoms with Crippen LogP contribution in [0.4, 0.5) is 0 Å². The molecule has 1 heterocycles. The number of carbonyl (C=O) groups excluding carboxylic acids is 1. The fraction of sp³-hybridized carbons (Fsp3) is 0.923. The number of hydrogen-bond acceptors (Lipinski definition) is 8. The lowest BCUT2D eigenvalue weighted by atomic mass is 10.3. The molecule has 0 aromatic heterocycles. The number of nitrogens with two attached hydrogens (primary N) is 1. The van der Waals surface area contributed by atoms with Gasteiger partial charge in [-0.3, -0.25) is 10.2 Å². The van der Waals surface area contributed by atoms with E-state index >= 15 is 0 Å². The van der Waals surface area contributed by atoms with Gasteiger partial charge in [-0.1, -0.05) is 0 Å². The Bertz CT molecular complexity index is 263. The van der Waals surface area contributed by atoms with Crippen LogP contribution in [0.1, 0.15) is 0 Å². The molecule has 0 aliphatic carbocycles. The third-order valence-electron chi connectivity index (χ3n) is 2.74. The van der Waals surface area contributed by atoms with Crippen molar-refractivity contribution in [3.63, 3.8) is 0 Å². The summed E-state index contributed by atoms with van der Waals surface area (Å²) in [6.07, 6.45) is -0.771. The van der Waals surface area contributed by atoms with Gasteiger partial charge in [0, 0.05) is 0 Å². The van der Waals surface area contributed by atoms with Crippen molar-refractivity contribution in [2.45, 2.75) is 6.10 Å². The summed E-state index contributed by atoms with van der Waals surface area (Å²) < 4.78 is 32.0. The van der Waals surface area contributed by atoms with Crippen molar-refractivity contribution in [3.8, 4) is 0 Å². The van der Waals surface area contributed by atoms with Gasteiger partial charge in [0.15, 0.2) is 6.10 Å². The minimum Gasteiger partial charge on any atom is -0.377 e. The molecule has 1 aliphatic heterocycles. The number of hydrogen-bond donors (Lipinski definition) is 2. The second-order valence-corrected chi connectivity index (χ2v) is 4.39. The molecule has 0 aromatic rings. The molecule has 3 N–H and O–H groups in total. The SMILES string of the molecule is NNC(=O)[C@H]1COCCOCCOCCOCCOCCO1. The maximum absolute atomic E-state index is 11.5. The molecule has 0 spiro atoms. The van der Waals surface area contributed by atoms with E-state index in [0.29, 0.717) is 59.5 Å². The Morgan fingerprint density at radius 2 is 1.14 bits per heavy atom. The summed E-state index contributed by atoms with van der Waals surface area (Å²) in [5, 5.41) is 0. The van der Waals surface area contributed by atoms with Crippen LogP contribution in [0.25, 0.3) is 0 Å². The first kappa shape index (κ1) is 19.2. The quantitative estimate of drug-likeness (QED) is 0.339. The van der Waals surface area contributed by atoms with Crippen molar-refractivity contribution in [2.24, 2.45) is 5.84 Å². The Morgan fingerprint density at radius 3 is 1.59 bits per heavy atom. The fourth-order valence-corrected chi connectivity index (χ4v) is 1.61. The molecule has 1 rings (SSSR count). The second-order valence-electron chi connectivity index (χ2n) is 4.39. The first-order valence-corrected chi connectivity index (χ1v) is 7.35. The minimum absolute atomic E-state index is 0.103. The molecule has 0 unspecified atom stereocenters. The van der Waals surface area contributed by atoms with Crippen molar-refractivity contribution >= 4 is 5.91 Å². The predicted molar refractivity (Wildman–Crippen MR) is 76.2 cm³/mol. The van der Waals surface area contributed by atoms with Gasteiger partial charge >= 0.3 is 0 Å². The normalized spacial score (nSPS) is 24.9. The summed E-state index contributed by atoms with van der Waals surface area (Å²) in [5.41, 5.74) is 2.05. The lowest BCUT2D eigenvalue weighted by Crippen LogP contribution is -2.43. The highest BCUT2D eigenvalue weighted by Gasteiger charge is 2.18. The third-order valence-corrected chi connectivity index (χ3v) is 2.74. The molecule has 0 radical (unpaired) electrons. The number of nitrogens with one attached hydrogen (secondary N) is 1. The van der Waals surface area contributed by atoms with Crippen molar-refractivity contribution in [1.29, 1.82) is 0 Å². The fourth-order valence-electron chi connectivity index (χ4n) is 1.61. The van der Waals surface area contributed by atoms with Crippen molar-refractivity contribution in [2.75, 3.05) is 72.7 Å². The van der Waals surface area contributed by atoms with Crippen LogP contribution in [0.15, 0.2) is 0 Å². The van der Waals surface area contributed by atoms with Crippen molar-refractivity contribution < 1.29 is 33.2 Å². The van der Waals surface area contributed by atoms with E-state index < -0.39 is 12.0 Å².